The molecule has 1 N–H and O–H groups in total. The largest absolute Gasteiger partial charge is 0.411 e. The van der Waals surface area contributed by atoms with Gasteiger partial charge < -0.3 is 9.73 Å². The summed E-state index contributed by atoms with van der Waals surface area (Å²) < 4.78 is 5.61. The van der Waals surface area contributed by atoms with Crippen LogP contribution in [0, 0.1) is 10.1 Å². The molecule has 0 aliphatic carbocycles. The SMILES string of the molecule is CC(C)(C)c1ccc(-c2nnc(SCC(=O)Nc3ccccc3[N+](=O)[O-])o2)cc1. The van der Waals surface area contributed by atoms with Crippen LogP contribution in [0.2, 0.25) is 0 Å². The molecule has 1 aromatic heterocycles. The summed E-state index contributed by atoms with van der Waals surface area (Å²) in [5.74, 6) is -0.0537. The standard InChI is InChI=1S/C20H20N4O4S/c1-20(2,3)14-10-8-13(9-11-14)18-22-23-19(28-18)29-12-17(25)21-15-6-4-5-7-16(15)24(26)27/h4-11H,12H2,1-3H3,(H,21,25). The average Bonchev–Trinajstić information content (AvgIpc) is 3.15. The Balaban J connectivity index is 1.61. The lowest BCUT2D eigenvalue weighted by Crippen LogP contribution is -2.15. The number of nitro benzene ring substituents is 1. The first-order valence-corrected chi connectivity index (χ1v) is 9.83. The number of hydrogen-bond acceptors (Lipinski definition) is 7. The number of carbonyl (C=O) groups excluding carboxylic acids is 1. The Bertz CT molecular complexity index is 1030. The first-order chi connectivity index (χ1) is 13.7. The molecule has 0 aliphatic heterocycles. The van der Waals surface area contributed by atoms with Gasteiger partial charge in [0.25, 0.3) is 10.9 Å². The van der Waals surface area contributed by atoms with Crippen LogP contribution in [-0.4, -0.2) is 26.8 Å². The lowest BCUT2D eigenvalue weighted by atomic mass is 9.87. The summed E-state index contributed by atoms with van der Waals surface area (Å²) in [7, 11) is 0. The molecule has 0 aliphatic rings. The van der Waals surface area contributed by atoms with Gasteiger partial charge in [0, 0.05) is 11.6 Å². The molecule has 29 heavy (non-hydrogen) atoms. The number of nitrogens with zero attached hydrogens (tertiary/aromatic N) is 3. The maximum Gasteiger partial charge on any atom is 0.292 e. The van der Waals surface area contributed by atoms with E-state index in [2.05, 4.69) is 36.3 Å². The van der Waals surface area contributed by atoms with Crippen LogP contribution >= 0.6 is 11.8 Å². The maximum absolute atomic E-state index is 12.1. The number of amides is 1. The van der Waals surface area contributed by atoms with E-state index in [4.69, 9.17) is 4.42 Å². The topological polar surface area (TPSA) is 111 Å². The molecule has 9 heteroatoms. The number of para-hydroxylation sites is 2. The fourth-order valence-electron chi connectivity index (χ4n) is 2.55. The van der Waals surface area contributed by atoms with E-state index in [1.165, 1.54) is 23.8 Å². The molecule has 0 unspecified atom stereocenters. The third-order valence-electron chi connectivity index (χ3n) is 4.11. The van der Waals surface area contributed by atoms with Gasteiger partial charge in [0.1, 0.15) is 5.69 Å². The lowest BCUT2D eigenvalue weighted by Gasteiger charge is -2.18. The Morgan fingerprint density at radius 3 is 2.48 bits per heavy atom. The average molecular weight is 412 g/mol. The minimum atomic E-state index is -0.544. The Morgan fingerprint density at radius 1 is 1.14 bits per heavy atom. The molecular formula is C20H20N4O4S. The summed E-state index contributed by atoms with van der Waals surface area (Å²) in [4.78, 5) is 22.6. The van der Waals surface area contributed by atoms with Crippen LogP contribution in [0.5, 0.6) is 0 Å². The minimum absolute atomic E-state index is 0.0172. The molecule has 0 bridgehead atoms. The van der Waals surface area contributed by atoms with Crippen LogP contribution in [0.4, 0.5) is 11.4 Å². The van der Waals surface area contributed by atoms with Crippen LogP contribution in [0.1, 0.15) is 26.3 Å². The van der Waals surface area contributed by atoms with Gasteiger partial charge in [-0.25, -0.2) is 0 Å². The molecule has 0 spiro atoms. The molecular weight excluding hydrogens is 392 g/mol. The van der Waals surface area contributed by atoms with E-state index in [0.717, 1.165) is 17.3 Å². The predicted molar refractivity (Wildman–Crippen MR) is 111 cm³/mol. The molecule has 2 aromatic carbocycles. The number of anilines is 1. The third-order valence-corrected chi connectivity index (χ3v) is 4.92. The molecule has 3 aromatic rings. The van der Waals surface area contributed by atoms with Crippen molar-refractivity contribution in [2.24, 2.45) is 0 Å². The fraction of sp³-hybridized carbons (Fsp3) is 0.250. The molecule has 0 fully saturated rings. The molecule has 0 radical (unpaired) electrons. The number of benzene rings is 2. The van der Waals surface area contributed by atoms with Gasteiger partial charge in [-0.05, 0) is 29.2 Å². The summed E-state index contributed by atoms with van der Waals surface area (Å²) >= 11 is 1.06. The number of nitro groups is 1. The van der Waals surface area contributed by atoms with Gasteiger partial charge in [-0.3, -0.25) is 14.9 Å². The quantitative estimate of drug-likeness (QED) is 0.356. The highest BCUT2D eigenvalue weighted by molar-refractivity contribution is 7.99. The summed E-state index contributed by atoms with van der Waals surface area (Å²) in [5.41, 5.74) is 2.02. The zero-order valence-electron chi connectivity index (χ0n) is 16.2. The van der Waals surface area contributed by atoms with Crippen molar-refractivity contribution in [2.75, 3.05) is 11.1 Å². The van der Waals surface area contributed by atoms with E-state index in [-0.39, 0.29) is 27.8 Å². The van der Waals surface area contributed by atoms with Gasteiger partial charge in [-0.1, -0.05) is 56.8 Å². The molecule has 0 saturated heterocycles. The minimum Gasteiger partial charge on any atom is -0.411 e. The Kier molecular flexibility index (Phi) is 5.97. The van der Waals surface area contributed by atoms with E-state index in [1.54, 1.807) is 6.07 Å². The number of hydrogen-bond donors (Lipinski definition) is 1. The zero-order chi connectivity index (χ0) is 21.0. The molecule has 0 atom stereocenters. The van der Waals surface area contributed by atoms with Crippen molar-refractivity contribution in [1.82, 2.24) is 10.2 Å². The highest BCUT2D eigenvalue weighted by atomic mass is 32.2. The van der Waals surface area contributed by atoms with Gasteiger partial charge >= 0.3 is 0 Å². The highest BCUT2D eigenvalue weighted by Crippen LogP contribution is 2.28. The Labute approximate surface area is 171 Å². The predicted octanol–water partition coefficient (Wildman–Crippen LogP) is 4.67. The molecule has 3 rings (SSSR count). The van der Waals surface area contributed by atoms with Gasteiger partial charge in [0.15, 0.2) is 0 Å². The normalized spacial score (nSPS) is 11.3. The van der Waals surface area contributed by atoms with Crippen molar-refractivity contribution in [1.29, 1.82) is 0 Å². The van der Waals surface area contributed by atoms with E-state index in [9.17, 15) is 14.9 Å². The first kappa shape index (κ1) is 20.5. The number of rotatable bonds is 6. The van der Waals surface area contributed by atoms with Crippen LogP contribution in [-0.2, 0) is 10.2 Å². The number of thioether (sulfide) groups is 1. The highest BCUT2D eigenvalue weighted by Gasteiger charge is 2.17. The van der Waals surface area contributed by atoms with Gasteiger partial charge in [-0.15, -0.1) is 10.2 Å². The summed E-state index contributed by atoms with van der Waals surface area (Å²) in [5, 5.41) is 21.8. The van der Waals surface area contributed by atoms with Crippen molar-refractivity contribution in [2.45, 2.75) is 31.4 Å². The molecule has 8 nitrogen and oxygen atoms in total. The number of nitrogens with one attached hydrogen (secondary N) is 1. The van der Waals surface area contributed by atoms with Crippen molar-refractivity contribution in [3.8, 4) is 11.5 Å². The Hall–Kier alpha value is -3.20. The third kappa shape index (κ3) is 5.20. The van der Waals surface area contributed by atoms with Gasteiger partial charge in [0.05, 0.1) is 10.7 Å². The number of aromatic nitrogens is 2. The van der Waals surface area contributed by atoms with Gasteiger partial charge in [-0.2, -0.15) is 0 Å². The van der Waals surface area contributed by atoms with Crippen LogP contribution in [0.25, 0.3) is 11.5 Å². The van der Waals surface area contributed by atoms with E-state index >= 15 is 0 Å². The smallest absolute Gasteiger partial charge is 0.292 e. The van der Waals surface area contributed by atoms with E-state index in [1.807, 2.05) is 24.3 Å². The maximum atomic E-state index is 12.1. The summed E-state index contributed by atoms with van der Waals surface area (Å²) in [6.45, 7) is 6.41. The van der Waals surface area contributed by atoms with E-state index < -0.39 is 10.8 Å². The fourth-order valence-corrected chi connectivity index (χ4v) is 3.11. The van der Waals surface area contributed by atoms with Crippen molar-refractivity contribution < 1.29 is 14.1 Å². The first-order valence-electron chi connectivity index (χ1n) is 8.84. The Morgan fingerprint density at radius 2 is 1.83 bits per heavy atom. The lowest BCUT2D eigenvalue weighted by molar-refractivity contribution is -0.383. The van der Waals surface area contributed by atoms with Crippen molar-refractivity contribution in [3.63, 3.8) is 0 Å². The second-order valence-corrected chi connectivity index (χ2v) is 8.24. The van der Waals surface area contributed by atoms with Crippen LogP contribution < -0.4 is 5.32 Å². The van der Waals surface area contributed by atoms with Crippen LogP contribution in [0.15, 0.2) is 58.2 Å². The molecule has 0 saturated carbocycles. The monoisotopic (exact) mass is 412 g/mol. The second-order valence-electron chi connectivity index (χ2n) is 7.31. The molecule has 1 heterocycles. The zero-order valence-corrected chi connectivity index (χ0v) is 17.0. The molecule has 150 valence electrons. The van der Waals surface area contributed by atoms with E-state index in [0.29, 0.717) is 5.89 Å². The van der Waals surface area contributed by atoms with Gasteiger partial charge in [0.2, 0.25) is 11.8 Å². The van der Waals surface area contributed by atoms with Crippen molar-refractivity contribution in [3.05, 3.63) is 64.2 Å². The summed E-state index contributed by atoms with van der Waals surface area (Å²) in [6, 6.07) is 13.8. The second kappa shape index (κ2) is 8.44. The molecule has 1 amide bonds. The number of carbonyl (C=O) groups is 1. The summed E-state index contributed by atoms with van der Waals surface area (Å²) in [6.07, 6.45) is 0. The van der Waals surface area contributed by atoms with Crippen LogP contribution in [0.3, 0.4) is 0 Å². The van der Waals surface area contributed by atoms with Crippen molar-refractivity contribution >= 4 is 29.0 Å².